The van der Waals surface area contributed by atoms with Gasteiger partial charge < -0.3 is 20.5 Å². The number of methoxy groups -OCH3 is 1. The molecule has 144 valence electrons. The lowest BCUT2D eigenvalue weighted by Gasteiger charge is -2.46. The normalized spacial score (nSPS) is 25.4. The largest absolute Gasteiger partial charge is 0.497 e. The number of thiophene rings is 1. The van der Waals surface area contributed by atoms with Crippen molar-refractivity contribution in [3.05, 3.63) is 52.2 Å². The van der Waals surface area contributed by atoms with Crippen LogP contribution in [0.1, 0.15) is 21.3 Å². The van der Waals surface area contributed by atoms with Crippen LogP contribution in [-0.2, 0) is 0 Å². The maximum atomic E-state index is 13.8. The van der Waals surface area contributed by atoms with Crippen molar-refractivity contribution in [1.82, 2.24) is 10.6 Å². The summed E-state index contributed by atoms with van der Waals surface area (Å²) in [5, 5.41) is 16.3. The van der Waals surface area contributed by atoms with Gasteiger partial charge in [0.25, 0.3) is 0 Å². The van der Waals surface area contributed by atoms with Crippen molar-refractivity contribution in [2.45, 2.75) is 17.9 Å². The Morgan fingerprint density at radius 2 is 1.96 bits per heavy atom. The molecule has 2 heterocycles. The fourth-order valence-corrected chi connectivity index (χ4v) is 3.99. The predicted molar refractivity (Wildman–Crippen MR) is 97.7 cm³/mol. The molecule has 27 heavy (non-hydrogen) atoms. The van der Waals surface area contributed by atoms with Crippen LogP contribution in [0, 0.1) is 5.92 Å². The lowest BCUT2D eigenvalue weighted by molar-refractivity contribution is -0.285. The molecule has 3 atom stereocenters. The number of hydrogen-bond donors (Lipinski definition) is 3. The van der Waals surface area contributed by atoms with Crippen LogP contribution in [-0.4, -0.2) is 35.0 Å². The molecule has 2 aromatic rings. The molecular formula is C17H15F3N2O3S2. The topological polar surface area (TPSA) is 70.6 Å². The minimum Gasteiger partial charge on any atom is -0.497 e. The summed E-state index contributed by atoms with van der Waals surface area (Å²) >= 11 is 5.88. The average molecular weight is 416 g/mol. The molecule has 1 aliphatic rings. The van der Waals surface area contributed by atoms with E-state index in [1.807, 2.05) is 5.32 Å². The van der Waals surface area contributed by atoms with Crippen LogP contribution in [0.25, 0.3) is 0 Å². The second-order valence-electron chi connectivity index (χ2n) is 5.93. The quantitative estimate of drug-likeness (QED) is 0.526. The third-order valence-corrected chi connectivity index (χ3v) is 5.43. The molecule has 3 rings (SSSR count). The number of Topliss-reactive ketones (excluding diaryl/α,β-unsaturated/α-hetero) is 1. The van der Waals surface area contributed by atoms with E-state index in [1.54, 1.807) is 23.6 Å². The van der Waals surface area contributed by atoms with Gasteiger partial charge in [0, 0.05) is 0 Å². The van der Waals surface area contributed by atoms with E-state index in [9.17, 15) is 23.1 Å². The standard InChI is InChI=1S/C17H15F3N2O3S2/c1-25-10-6-4-9(5-7-10)13-12(14(23)11-3-2-8-27-11)16(24,17(18,19)20)22-15(26)21-13/h2-8,12-13,24H,1H3,(H2,21,22,26)/t12-,13-,16+/m1/s1. The molecule has 1 aromatic carbocycles. The zero-order chi connectivity index (χ0) is 19.8. The average Bonchev–Trinajstić information content (AvgIpc) is 3.14. The molecular weight excluding hydrogens is 401 g/mol. The zero-order valence-electron chi connectivity index (χ0n) is 13.9. The number of carbonyl (C=O) groups excluding carboxylic acids is 1. The highest BCUT2D eigenvalue weighted by atomic mass is 32.1. The van der Waals surface area contributed by atoms with Crippen LogP contribution in [0.5, 0.6) is 5.75 Å². The first-order chi connectivity index (χ1) is 12.7. The number of halogens is 3. The third-order valence-electron chi connectivity index (χ3n) is 4.33. The summed E-state index contributed by atoms with van der Waals surface area (Å²) in [5.41, 5.74) is -3.15. The maximum Gasteiger partial charge on any atom is 0.437 e. The second kappa shape index (κ2) is 7.10. The number of ether oxygens (including phenoxy) is 1. The number of benzene rings is 1. The summed E-state index contributed by atoms with van der Waals surface area (Å²) in [5.74, 6) is -2.23. The molecule has 1 aliphatic heterocycles. The Bertz CT molecular complexity index is 840. The molecule has 0 saturated carbocycles. The predicted octanol–water partition coefficient (Wildman–Crippen LogP) is 3.03. The van der Waals surface area contributed by atoms with E-state index >= 15 is 0 Å². The Labute approximate surface area is 162 Å². The van der Waals surface area contributed by atoms with Gasteiger partial charge in [0.15, 0.2) is 10.9 Å². The molecule has 0 aliphatic carbocycles. The molecule has 1 saturated heterocycles. The van der Waals surface area contributed by atoms with Gasteiger partial charge in [-0.3, -0.25) is 4.79 Å². The van der Waals surface area contributed by atoms with Crippen molar-refractivity contribution in [2.75, 3.05) is 7.11 Å². The van der Waals surface area contributed by atoms with E-state index < -0.39 is 34.8 Å². The Kier molecular flexibility index (Phi) is 5.15. The molecule has 5 nitrogen and oxygen atoms in total. The van der Waals surface area contributed by atoms with Crippen LogP contribution in [0.2, 0.25) is 0 Å². The van der Waals surface area contributed by atoms with Gasteiger partial charge in [-0.2, -0.15) is 13.2 Å². The molecule has 1 aromatic heterocycles. The van der Waals surface area contributed by atoms with Crippen molar-refractivity contribution in [2.24, 2.45) is 5.92 Å². The second-order valence-corrected chi connectivity index (χ2v) is 7.29. The lowest BCUT2D eigenvalue weighted by Crippen LogP contribution is -2.72. The molecule has 3 N–H and O–H groups in total. The van der Waals surface area contributed by atoms with Gasteiger partial charge in [-0.25, -0.2) is 0 Å². The van der Waals surface area contributed by atoms with E-state index in [0.29, 0.717) is 11.3 Å². The number of hydrogen-bond acceptors (Lipinski definition) is 5. The molecule has 0 radical (unpaired) electrons. The molecule has 0 unspecified atom stereocenters. The van der Waals surface area contributed by atoms with Gasteiger partial charge in [-0.15, -0.1) is 11.3 Å². The minimum atomic E-state index is -5.14. The summed E-state index contributed by atoms with van der Waals surface area (Å²) in [4.78, 5) is 13.0. The van der Waals surface area contributed by atoms with Crippen LogP contribution in [0.15, 0.2) is 41.8 Å². The highest BCUT2D eigenvalue weighted by Crippen LogP contribution is 2.44. The van der Waals surface area contributed by atoms with Gasteiger partial charge in [-0.1, -0.05) is 18.2 Å². The molecule has 0 amide bonds. The number of nitrogens with one attached hydrogen (secondary N) is 2. The Hall–Kier alpha value is -2.17. The van der Waals surface area contributed by atoms with Gasteiger partial charge in [0.1, 0.15) is 11.7 Å². The summed E-state index contributed by atoms with van der Waals surface area (Å²) in [6, 6.07) is 7.95. The Balaban J connectivity index is 2.12. The summed E-state index contributed by atoms with van der Waals surface area (Å²) < 4.78 is 46.4. The first-order valence-electron chi connectivity index (χ1n) is 7.77. The van der Waals surface area contributed by atoms with E-state index in [1.165, 1.54) is 25.3 Å². The van der Waals surface area contributed by atoms with E-state index in [0.717, 1.165) is 11.3 Å². The van der Waals surface area contributed by atoms with Gasteiger partial charge in [-0.05, 0) is 41.4 Å². The summed E-state index contributed by atoms with van der Waals surface area (Å²) in [6.07, 6.45) is -5.14. The highest BCUT2D eigenvalue weighted by Gasteiger charge is 2.65. The Morgan fingerprint density at radius 1 is 1.30 bits per heavy atom. The molecule has 0 spiro atoms. The maximum absolute atomic E-state index is 13.8. The fourth-order valence-electron chi connectivity index (χ4n) is 3.00. The minimum absolute atomic E-state index is 0.109. The fraction of sp³-hybridized carbons (Fsp3) is 0.294. The molecule has 1 fully saturated rings. The van der Waals surface area contributed by atoms with Crippen molar-refractivity contribution in [3.63, 3.8) is 0 Å². The highest BCUT2D eigenvalue weighted by molar-refractivity contribution is 7.80. The third kappa shape index (κ3) is 3.52. The number of rotatable bonds is 4. The first kappa shape index (κ1) is 19.6. The Morgan fingerprint density at radius 3 is 2.48 bits per heavy atom. The zero-order valence-corrected chi connectivity index (χ0v) is 15.5. The summed E-state index contributed by atoms with van der Waals surface area (Å²) in [7, 11) is 1.46. The van der Waals surface area contributed by atoms with Crippen molar-refractivity contribution in [1.29, 1.82) is 0 Å². The van der Waals surface area contributed by atoms with Crippen LogP contribution < -0.4 is 15.4 Å². The van der Waals surface area contributed by atoms with Crippen LogP contribution >= 0.6 is 23.6 Å². The van der Waals surface area contributed by atoms with E-state index in [-0.39, 0.29) is 4.88 Å². The van der Waals surface area contributed by atoms with Crippen molar-refractivity contribution < 1.29 is 27.8 Å². The number of carbonyl (C=O) groups is 1. The number of alkyl halides is 3. The lowest BCUT2D eigenvalue weighted by atomic mass is 9.79. The molecule has 10 heteroatoms. The van der Waals surface area contributed by atoms with E-state index in [2.05, 4.69) is 5.32 Å². The van der Waals surface area contributed by atoms with Gasteiger partial charge in [0.2, 0.25) is 5.72 Å². The van der Waals surface area contributed by atoms with Crippen LogP contribution in [0.3, 0.4) is 0 Å². The first-order valence-corrected chi connectivity index (χ1v) is 9.05. The van der Waals surface area contributed by atoms with Crippen molar-refractivity contribution >= 4 is 34.5 Å². The number of ketones is 1. The number of aliphatic hydroxyl groups is 1. The summed E-state index contributed by atoms with van der Waals surface area (Å²) in [6.45, 7) is 0. The molecule has 0 bridgehead atoms. The van der Waals surface area contributed by atoms with Gasteiger partial charge >= 0.3 is 6.18 Å². The van der Waals surface area contributed by atoms with Crippen molar-refractivity contribution in [3.8, 4) is 5.75 Å². The van der Waals surface area contributed by atoms with Crippen LogP contribution in [0.4, 0.5) is 13.2 Å². The smallest absolute Gasteiger partial charge is 0.437 e. The number of thiocarbonyl (C=S) groups is 1. The monoisotopic (exact) mass is 416 g/mol. The SMILES string of the molecule is COc1ccc([C@H]2NC(=S)N[C@@](O)(C(F)(F)F)[C@H]2C(=O)c2cccs2)cc1. The van der Waals surface area contributed by atoms with Gasteiger partial charge in [0.05, 0.1) is 18.0 Å². The van der Waals surface area contributed by atoms with E-state index in [4.69, 9.17) is 17.0 Å².